The van der Waals surface area contributed by atoms with Crippen LogP contribution >= 0.6 is 0 Å². The minimum absolute atomic E-state index is 0.00902. The van der Waals surface area contributed by atoms with E-state index in [9.17, 15) is 27.6 Å². The van der Waals surface area contributed by atoms with Gasteiger partial charge in [0.2, 0.25) is 5.91 Å². The highest BCUT2D eigenvalue weighted by Crippen LogP contribution is 2.43. The van der Waals surface area contributed by atoms with Crippen LogP contribution in [0.4, 0.5) is 28.0 Å². The molecule has 17 heteroatoms. The Morgan fingerprint density at radius 1 is 0.944 bits per heavy atom. The summed E-state index contributed by atoms with van der Waals surface area (Å²) in [6.07, 6.45) is -0.0375. The van der Waals surface area contributed by atoms with E-state index in [1.165, 1.54) is 54.1 Å². The molecular formula is C37H42F4N8O5. The number of nitrogens with one attached hydrogen (secondary N) is 1. The smallest absolute Gasteiger partial charge is 0.444 e. The van der Waals surface area contributed by atoms with Crippen LogP contribution in [0.3, 0.4) is 0 Å². The Bertz CT molecular complexity index is 2060. The fourth-order valence-corrected chi connectivity index (χ4v) is 6.56. The summed E-state index contributed by atoms with van der Waals surface area (Å²) < 4.78 is 70.3. The number of hydrogen-bond donors (Lipinski definition) is 1. The van der Waals surface area contributed by atoms with Crippen LogP contribution in [-0.2, 0) is 16.1 Å². The van der Waals surface area contributed by atoms with Crippen LogP contribution in [0.15, 0.2) is 48.8 Å². The standard InChI is InChI=1S/C37H42F4N8O5/c1-36(2,3)54-35(52)47-17-15-46(16-18-47)24-8-9-25(30(19-24)53-37(39,40)41)27-20-26(32(38)33-28(27)21-29(43-33)34(51)45(4)5)23-7-6-12-48(22-23)31(50)10-13-49-14-11-42-44-49/h7-9,11,14,19-21,43H,6,10,12-13,15-18,22H2,1-5H3. The van der Waals surface area contributed by atoms with Gasteiger partial charge in [-0.2, -0.15) is 0 Å². The third-order valence-corrected chi connectivity index (χ3v) is 9.14. The number of fused-ring (bicyclic) bond motifs is 1. The number of carbonyl (C=O) groups excluding carboxylic acids is 3. The zero-order chi connectivity index (χ0) is 38.9. The lowest BCUT2D eigenvalue weighted by Gasteiger charge is -2.37. The molecule has 288 valence electrons. The number of benzene rings is 2. The number of aryl methyl sites for hydroxylation is 1. The lowest BCUT2D eigenvalue weighted by molar-refractivity contribution is -0.274. The SMILES string of the molecule is CN(C)C(=O)c1cc2c(-c3ccc(N4CCN(C(=O)OC(C)(C)C)CC4)cc3OC(F)(F)F)cc(C3=CCCN(C(=O)CCn4ccnn4)C3)c(F)c2[nH]1. The van der Waals surface area contributed by atoms with Gasteiger partial charge in [0.25, 0.3) is 5.91 Å². The van der Waals surface area contributed by atoms with Crippen LogP contribution in [0.5, 0.6) is 5.75 Å². The van der Waals surface area contributed by atoms with Gasteiger partial charge >= 0.3 is 12.5 Å². The van der Waals surface area contributed by atoms with Gasteiger partial charge in [-0.05, 0) is 62.6 Å². The van der Waals surface area contributed by atoms with E-state index in [0.29, 0.717) is 43.9 Å². The molecule has 2 aromatic carbocycles. The Hall–Kier alpha value is -5.61. The topological polar surface area (TPSA) is 129 Å². The van der Waals surface area contributed by atoms with Crippen molar-refractivity contribution in [2.45, 2.75) is 52.1 Å². The number of ether oxygens (including phenoxy) is 2. The predicted octanol–water partition coefficient (Wildman–Crippen LogP) is 5.93. The van der Waals surface area contributed by atoms with E-state index >= 15 is 4.39 Å². The molecule has 1 saturated heterocycles. The molecule has 2 aliphatic rings. The van der Waals surface area contributed by atoms with Gasteiger partial charge in [0.05, 0.1) is 18.3 Å². The van der Waals surface area contributed by atoms with Crippen molar-refractivity contribution in [3.63, 3.8) is 0 Å². The van der Waals surface area contributed by atoms with Crippen molar-refractivity contribution in [2.24, 2.45) is 0 Å². The molecule has 2 aliphatic heterocycles. The molecule has 0 spiro atoms. The molecule has 0 bridgehead atoms. The molecule has 0 atom stereocenters. The Labute approximate surface area is 309 Å². The lowest BCUT2D eigenvalue weighted by Crippen LogP contribution is -2.50. The molecule has 2 aromatic heterocycles. The van der Waals surface area contributed by atoms with Gasteiger partial charge in [0, 0.05) is 94.2 Å². The van der Waals surface area contributed by atoms with Crippen LogP contribution in [0.25, 0.3) is 27.6 Å². The Morgan fingerprint density at radius 2 is 1.69 bits per heavy atom. The Kier molecular flexibility index (Phi) is 10.6. The zero-order valence-electron chi connectivity index (χ0n) is 30.7. The summed E-state index contributed by atoms with van der Waals surface area (Å²) in [5.74, 6) is -1.89. The molecular weight excluding hydrogens is 712 g/mol. The first-order valence-corrected chi connectivity index (χ1v) is 17.5. The number of piperazine rings is 1. The number of aromatic amines is 1. The highest BCUT2D eigenvalue weighted by Gasteiger charge is 2.34. The fourth-order valence-electron chi connectivity index (χ4n) is 6.56. The van der Waals surface area contributed by atoms with Crippen LogP contribution in [-0.4, -0.2) is 118 Å². The zero-order valence-corrected chi connectivity index (χ0v) is 30.7. The molecule has 54 heavy (non-hydrogen) atoms. The maximum atomic E-state index is 16.6. The summed E-state index contributed by atoms with van der Waals surface area (Å²) in [6, 6.07) is 7.25. The number of hydrogen-bond acceptors (Lipinski definition) is 8. The number of alkyl halides is 3. The number of rotatable bonds is 8. The number of amides is 3. The summed E-state index contributed by atoms with van der Waals surface area (Å²) in [4.78, 5) is 48.0. The number of nitrogens with zero attached hydrogens (tertiary/aromatic N) is 7. The molecule has 13 nitrogen and oxygen atoms in total. The molecule has 1 fully saturated rings. The predicted molar refractivity (Wildman–Crippen MR) is 192 cm³/mol. The Balaban J connectivity index is 1.37. The lowest BCUT2D eigenvalue weighted by atomic mass is 9.92. The minimum Gasteiger partial charge on any atom is -0.444 e. The maximum absolute atomic E-state index is 16.6. The van der Waals surface area contributed by atoms with Gasteiger partial charge < -0.3 is 34.1 Å². The first kappa shape index (κ1) is 38.1. The van der Waals surface area contributed by atoms with Crippen LogP contribution in [0, 0.1) is 5.82 Å². The number of H-pyrrole nitrogens is 1. The van der Waals surface area contributed by atoms with E-state index in [2.05, 4.69) is 20.0 Å². The highest BCUT2D eigenvalue weighted by atomic mass is 19.4. The Morgan fingerprint density at radius 3 is 2.33 bits per heavy atom. The average molecular weight is 755 g/mol. The molecule has 0 saturated carbocycles. The average Bonchev–Trinajstić information content (AvgIpc) is 3.81. The van der Waals surface area contributed by atoms with Gasteiger partial charge in [-0.3, -0.25) is 14.3 Å². The second kappa shape index (κ2) is 15.0. The summed E-state index contributed by atoms with van der Waals surface area (Å²) in [6.45, 7) is 7.29. The first-order chi connectivity index (χ1) is 25.5. The molecule has 4 aromatic rings. The first-order valence-electron chi connectivity index (χ1n) is 17.5. The number of carbonyl (C=O) groups is 3. The van der Waals surface area contributed by atoms with Gasteiger partial charge in [-0.15, -0.1) is 18.3 Å². The maximum Gasteiger partial charge on any atom is 0.573 e. The third-order valence-electron chi connectivity index (χ3n) is 9.14. The van der Waals surface area contributed by atoms with E-state index in [0.717, 1.165) is 0 Å². The number of anilines is 1. The van der Waals surface area contributed by atoms with E-state index in [1.54, 1.807) is 48.9 Å². The summed E-state index contributed by atoms with van der Waals surface area (Å²) >= 11 is 0. The van der Waals surface area contributed by atoms with Crippen molar-refractivity contribution in [1.82, 2.24) is 34.7 Å². The van der Waals surface area contributed by atoms with Gasteiger partial charge in [-0.25, -0.2) is 9.18 Å². The van der Waals surface area contributed by atoms with Gasteiger partial charge in [0.1, 0.15) is 17.0 Å². The van der Waals surface area contributed by atoms with E-state index in [1.807, 2.05) is 4.90 Å². The normalized spacial score (nSPS) is 15.4. The van der Waals surface area contributed by atoms with E-state index in [-0.39, 0.29) is 65.2 Å². The van der Waals surface area contributed by atoms with Crippen molar-refractivity contribution in [3.05, 3.63) is 65.9 Å². The van der Waals surface area contributed by atoms with Gasteiger partial charge in [-0.1, -0.05) is 11.3 Å². The molecule has 0 unspecified atom stereocenters. The monoisotopic (exact) mass is 754 g/mol. The highest BCUT2D eigenvalue weighted by molar-refractivity contribution is 6.05. The van der Waals surface area contributed by atoms with Crippen LogP contribution < -0.4 is 9.64 Å². The second-order valence-corrected chi connectivity index (χ2v) is 14.4. The van der Waals surface area contributed by atoms with Gasteiger partial charge in [0.15, 0.2) is 5.82 Å². The minimum atomic E-state index is -5.08. The summed E-state index contributed by atoms with van der Waals surface area (Å²) in [5.41, 5.74) is 0.426. The number of aromatic nitrogens is 4. The van der Waals surface area contributed by atoms with E-state index < -0.39 is 35.5 Å². The van der Waals surface area contributed by atoms with Crippen molar-refractivity contribution >= 4 is 40.1 Å². The van der Waals surface area contributed by atoms with Crippen molar-refractivity contribution in [2.75, 3.05) is 58.3 Å². The summed E-state index contributed by atoms with van der Waals surface area (Å²) in [7, 11) is 3.05. The van der Waals surface area contributed by atoms with E-state index in [4.69, 9.17) is 4.74 Å². The quantitative estimate of drug-likeness (QED) is 0.220. The molecule has 3 amide bonds. The summed E-state index contributed by atoms with van der Waals surface area (Å²) in [5, 5.41) is 7.80. The molecule has 0 aliphatic carbocycles. The molecule has 4 heterocycles. The second-order valence-electron chi connectivity index (χ2n) is 14.4. The van der Waals surface area contributed by atoms with Crippen LogP contribution in [0.1, 0.15) is 49.7 Å². The molecule has 1 N–H and O–H groups in total. The van der Waals surface area contributed by atoms with Crippen LogP contribution in [0.2, 0.25) is 0 Å². The largest absolute Gasteiger partial charge is 0.573 e. The molecule has 6 rings (SSSR count). The van der Waals surface area contributed by atoms with Crippen molar-refractivity contribution < 1.29 is 41.4 Å². The van der Waals surface area contributed by atoms with Crippen molar-refractivity contribution in [3.8, 4) is 16.9 Å². The van der Waals surface area contributed by atoms with Crippen molar-refractivity contribution in [1.29, 1.82) is 0 Å². The number of halogens is 4. The fraction of sp³-hybridized carbons (Fsp3) is 0.432. The molecule has 0 radical (unpaired) electrons. The third kappa shape index (κ3) is 8.60.